The zero-order valence-corrected chi connectivity index (χ0v) is 17.2. The monoisotopic (exact) mass is 401 g/mol. The van der Waals surface area contributed by atoms with Crippen molar-refractivity contribution in [2.45, 2.75) is 0 Å². The summed E-state index contributed by atoms with van der Waals surface area (Å²) >= 11 is 1.78. The molecule has 3 rings (SSSR count). The minimum atomic E-state index is -0.0935. The number of rotatable bonds is 6. The Kier molecular flexibility index (Phi) is 7.13. The molecule has 0 spiro atoms. The summed E-state index contributed by atoms with van der Waals surface area (Å²) in [5.41, 5.74) is 0.620. The Labute approximate surface area is 170 Å². The molecule has 1 aliphatic heterocycles. The second-order valence-electron chi connectivity index (χ2n) is 6.38. The van der Waals surface area contributed by atoms with Crippen molar-refractivity contribution in [1.82, 2.24) is 15.5 Å². The summed E-state index contributed by atoms with van der Waals surface area (Å²) in [6.45, 7) is 4.97. The number of ether oxygens (including phenoxy) is 1. The average Bonchev–Trinajstić information content (AvgIpc) is 3.29. The van der Waals surface area contributed by atoms with Crippen LogP contribution in [0.15, 0.2) is 46.8 Å². The molecule has 0 atom stereocenters. The van der Waals surface area contributed by atoms with Gasteiger partial charge in [-0.2, -0.15) is 0 Å². The number of piperazine rings is 1. The molecule has 0 bridgehead atoms. The summed E-state index contributed by atoms with van der Waals surface area (Å²) in [5.74, 6) is 1.52. The summed E-state index contributed by atoms with van der Waals surface area (Å²) in [5, 5.41) is 9.70. The summed E-state index contributed by atoms with van der Waals surface area (Å²) in [7, 11) is 3.40. The van der Waals surface area contributed by atoms with Gasteiger partial charge in [-0.05, 0) is 41.8 Å². The van der Waals surface area contributed by atoms with Crippen molar-refractivity contribution >= 4 is 28.2 Å². The van der Waals surface area contributed by atoms with E-state index < -0.39 is 0 Å². The van der Waals surface area contributed by atoms with Gasteiger partial charge in [-0.15, -0.1) is 11.3 Å². The quantitative estimate of drug-likeness (QED) is 0.440. The third kappa shape index (κ3) is 5.16. The van der Waals surface area contributed by atoms with Crippen LogP contribution < -0.4 is 20.3 Å². The lowest BCUT2D eigenvalue weighted by Gasteiger charge is -2.37. The van der Waals surface area contributed by atoms with Gasteiger partial charge in [-0.25, -0.2) is 0 Å². The number of nitrogens with zero attached hydrogens (tertiary/aromatic N) is 3. The highest BCUT2D eigenvalue weighted by Gasteiger charge is 2.20. The third-order valence-corrected chi connectivity index (χ3v) is 5.58. The Morgan fingerprint density at radius 2 is 1.82 bits per heavy atom. The van der Waals surface area contributed by atoms with E-state index in [4.69, 9.17) is 4.74 Å². The zero-order chi connectivity index (χ0) is 19.8. The molecular weight excluding hydrogens is 374 g/mol. The number of nitrogens with one attached hydrogen (secondary N) is 2. The Morgan fingerprint density at radius 3 is 2.43 bits per heavy atom. The van der Waals surface area contributed by atoms with E-state index in [1.54, 1.807) is 49.8 Å². The van der Waals surface area contributed by atoms with E-state index in [0.717, 1.165) is 37.9 Å². The molecule has 150 valence electrons. The maximum absolute atomic E-state index is 12.2. The SMILES string of the molecule is CN=C(NCCNC(=O)c1ccc(OC)cc1)N1CCN(c2cccs2)CC1. The van der Waals surface area contributed by atoms with Crippen molar-refractivity contribution in [1.29, 1.82) is 0 Å². The van der Waals surface area contributed by atoms with Gasteiger partial charge in [0.2, 0.25) is 0 Å². The molecule has 1 saturated heterocycles. The average molecular weight is 402 g/mol. The van der Waals surface area contributed by atoms with Crippen LogP contribution in [0.1, 0.15) is 10.4 Å². The standard InChI is InChI=1S/C20H27N5O2S/c1-21-20(25-13-11-24(12-14-25)18-4-3-15-28-18)23-10-9-22-19(26)16-5-7-17(27-2)8-6-16/h3-8,15H,9-14H2,1-2H3,(H,21,23)(H,22,26). The number of carbonyl (C=O) groups is 1. The van der Waals surface area contributed by atoms with Gasteiger partial charge in [0.15, 0.2) is 5.96 Å². The van der Waals surface area contributed by atoms with E-state index in [9.17, 15) is 4.79 Å². The van der Waals surface area contributed by atoms with E-state index in [2.05, 4.69) is 42.9 Å². The van der Waals surface area contributed by atoms with Crippen molar-refractivity contribution in [3.8, 4) is 5.75 Å². The van der Waals surface area contributed by atoms with Crippen molar-refractivity contribution in [3.63, 3.8) is 0 Å². The Morgan fingerprint density at radius 1 is 1.11 bits per heavy atom. The maximum atomic E-state index is 12.2. The molecule has 0 saturated carbocycles. The van der Waals surface area contributed by atoms with Crippen LogP contribution in [0.5, 0.6) is 5.75 Å². The molecule has 0 aliphatic carbocycles. The molecule has 2 aromatic rings. The molecule has 7 nitrogen and oxygen atoms in total. The highest BCUT2D eigenvalue weighted by Crippen LogP contribution is 2.22. The van der Waals surface area contributed by atoms with Crippen LogP contribution in [0.2, 0.25) is 0 Å². The first kappa shape index (κ1) is 20.0. The maximum Gasteiger partial charge on any atom is 0.251 e. The molecule has 2 heterocycles. The van der Waals surface area contributed by atoms with Crippen LogP contribution in [0.25, 0.3) is 0 Å². The van der Waals surface area contributed by atoms with Crippen LogP contribution in [-0.4, -0.2) is 70.2 Å². The number of methoxy groups -OCH3 is 1. The van der Waals surface area contributed by atoms with Gasteiger partial charge in [0.1, 0.15) is 5.75 Å². The smallest absolute Gasteiger partial charge is 0.251 e. The lowest BCUT2D eigenvalue weighted by Crippen LogP contribution is -2.53. The first-order valence-corrected chi connectivity index (χ1v) is 10.3. The van der Waals surface area contributed by atoms with Crippen LogP contribution in [0.4, 0.5) is 5.00 Å². The molecule has 0 unspecified atom stereocenters. The number of aliphatic imine (C=N–C) groups is 1. The number of guanidine groups is 1. The predicted octanol–water partition coefficient (Wildman–Crippen LogP) is 1.88. The first-order chi connectivity index (χ1) is 13.7. The summed E-state index contributed by atoms with van der Waals surface area (Å²) in [4.78, 5) is 21.2. The van der Waals surface area contributed by atoms with E-state index in [1.165, 1.54) is 5.00 Å². The fourth-order valence-electron chi connectivity index (χ4n) is 3.12. The van der Waals surface area contributed by atoms with Gasteiger partial charge < -0.3 is 25.2 Å². The fraction of sp³-hybridized carbons (Fsp3) is 0.400. The topological polar surface area (TPSA) is 69.2 Å². The molecular formula is C20H27N5O2S. The van der Waals surface area contributed by atoms with Gasteiger partial charge in [0.25, 0.3) is 5.91 Å². The number of thiophene rings is 1. The number of carbonyl (C=O) groups excluding carboxylic acids is 1. The fourth-order valence-corrected chi connectivity index (χ4v) is 3.90. The van der Waals surface area contributed by atoms with Crippen LogP contribution in [0.3, 0.4) is 0 Å². The molecule has 1 aliphatic rings. The van der Waals surface area contributed by atoms with Crippen molar-refractivity contribution in [2.75, 3.05) is 58.3 Å². The lowest BCUT2D eigenvalue weighted by atomic mass is 10.2. The Bertz CT molecular complexity index is 768. The summed E-state index contributed by atoms with van der Waals surface area (Å²) in [6, 6.07) is 11.3. The lowest BCUT2D eigenvalue weighted by molar-refractivity contribution is 0.0954. The number of amides is 1. The largest absolute Gasteiger partial charge is 0.497 e. The van der Waals surface area contributed by atoms with Crippen molar-refractivity contribution in [2.24, 2.45) is 4.99 Å². The highest BCUT2D eigenvalue weighted by molar-refractivity contribution is 7.14. The third-order valence-electron chi connectivity index (χ3n) is 4.65. The molecule has 8 heteroatoms. The second kappa shape index (κ2) is 9.98. The van der Waals surface area contributed by atoms with Crippen LogP contribution in [-0.2, 0) is 0 Å². The van der Waals surface area contributed by atoms with E-state index in [1.807, 2.05) is 0 Å². The van der Waals surface area contributed by atoms with Gasteiger partial charge in [-0.1, -0.05) is 0 Å². The molecule has 0 radical (unpaired) electrons. The van der Waals surface area contributed by atoms with Gasteiger partial charge in [0.05, 0.1) is 12.1 Å². The molecule has 1 aromatic carbocycles. The second-order valence-corrected chi connectivity index (χ2v) is 7.31. The van der Waals surface area contributed by atoms with E-state index in [0.29, 0.717) is 18.7 Å². The molecule has 1 amide bonds. The van der Waals surface area contributed by atoms with Crippen LogP contribution in [0, 0.1) is 0 Å². The summed E-state index contributed by atoms with van der Waals surface area (Å²) < 4.78 is 5.11. The predicted molar refractivity (Wildman–Crippen MR) is 115 cm³/mol. The normalized spacial score (nSPS) is 14.7. The molecule has 1 aromatic heterocycles. The Balaban J connectivity index is 1.39. The first-order valence-electron chi connectivity index (χ1n) is 9.37. The van der Waals surface area contributed by atoms with Gasteiger partial charge >= 0.3 is 0 Å². The highest BCUT2D eigenvalue weighted by atomic mass is 32.1. The number of hydrogen-bond donors (Lipinski definition) is 2. The van der Waals surface area contributed by atoms with E-state index in [-0.39, 0.29) is 5.91 Å². The Hall–Kier alpha value is -2.74. The van der Waals surface area contributed by atoms with Crippen molar-refractivity contribution in [3.05, 3.63) is 47.3 Å². The number of anilines is 1. The number of hydrogen-bond acceptors (Lipinski definition) is 5. The molecule has 1 fully saturated rings. The van der Waals surface area contributed by atoms with Gasteiger partial charge in [-0.3, -0.25) is 9.79 Å². The minimum Gasteiger partial charge on any atom is -0.497 e. The number of benzene rings is 1. The van der Waals surface area contributed by atoms with Gasteiger partial charge in [0, 0.05) is 51.9 Å². The molecule has 28 heavy (non-hydrogen) atoms. The zero-order valence-electron chi connectivity index (χ0n) is 16.4. The molecule has 2 N–H and O–H groups in total. The van der Waals surface area contributed by atoms with Crippen molar-refractivity contribution < 1.29 is 9.53 Å². The van der Waals surface area contributed by atoms with Crippen LogP contribution >= 0.6 is 11.3 Å². The summed E-state index contributed by atoms with van der Waals surface area (Å²) in [6.07, 6.45) is 0. The minimum absolute atomic E-state index is 0.0935. The van der Waals surface area contributed by atoms with E-state index >= 15 is 0 Å².